The Hall–Kier alpha value is -1.96. The molecule has 0 radical (unpaired) electrons. The number of benzene rings is 1. The fourth-order valence-electron chi connectivity index (χ4n) is 2.09. The molecule has 8 heteroatoms. The van der Waals surface area contributed by atoms with Crippen molar-refractivity contribution in [2.75, 3.05) is 6.54 Å². The predicted molar refractivity (Wildman–Crippen MR) is 83.9 cm³/mol. The number of carbonyl (C=O) groups is 1. The summed E-state index contributed by atoms with van der Waals surface area (Å²) in [5.41, 5.74) is 11.9. The van der Waals surface area contributed by atoms with E-state index in [1.54, 1.807) is 0 Å². The number of nitrogens with two attached hydrogens (primary N) is 2. The van der Waals surface area contributed by atoms with Crippen molar-refractivity contribution in [3.8, 4) is 0 Å². The van der Waals surface area contributed by atoms with Gasteiger partial charge in [-0.2, -0.15) is 4.98 Å². The van der Waals surface area contributed by atoms with E-state index in [1.807, 2.05) is 42.2 Å². The summed E-state index contributed by atoms with van der Waals surface area (Å²) < 4.78 is 4.98. The highest BCUT2D eigenvalue weighted by Crippen LogP contribution is 2.21. The van der Waals surface area contributed by atoms with Crippen LogP contribution in [0.15, 0.2) is 34.9 Å². The number of halogens is 1. The van der Waals surface area contributed by atoms with Gasteiger partial charge in [0.05, 0.1) is 19.6 Å². The van der Waals surface area contributed by atoms with E-state index < -0.39 is 5.91 Å². The number of nitrogens with zero attached hydrogens (tertiary/aromatic N) is 3. The molecule has 0 fully saturated rings. The Balaban J connectivity index is 0.00000242. The van der Waals surface area contributed by atoms with E-state index >= 15 is 0 Å². The monoisotopic (exact) mass is 325 g/mol. The first kappa shape index (κ1) is 18.1. The SMILES string of the molecule is C[C@H](c1ccccc1)N(CC(N)=O)Cc1noc(CN)n1.Cl. The molecule has 7 nitrogen and oxygen atoms in total. The third-order valence-electron chi connectivity index (χ3n) is 3.22. The summed E-state index contributed by atoms with van der Waals surface area (Å²) in [4.78, 5) is 17.3. The third-order valence-corrected chi connectivity index (χ3v) is 3.22. The van der Waals surface area contributed by atoms with Gasteiger partial charge >= 0.3 is 0 Å². The average Bonchev–Trinajstić information content (AvgIpc) is 2.94. The first-order chi connectivity index (χ1) is 10.1. The molecule has 0 unspecified atom stereocenters. The number of amides is 1. The molecule has 1 heterocycles. The van der Waals surface area contributed by atoms with Crippen molar-refractivity contribution in [1.29, 1.82) is 0 Å². The van der Waals surface area contributed by atoms with Crippen molar-refractivity contribution in [1.82, 2.24) is 15.0 Å². The van der Waals surface area contributed by atoms with Gasteiger partial charge in [-0.3, -0.25) is 9.69 Å². The van der Waals surface area contributed by atoms with Gasteiger partial charge in [-0.25, -0.2) is 0 Å². The number of carbonyl (C=O) groups excluding carboxylic acids is 1. The van der Waals surface area contributed by atoms with Crippen LogP contribution >= 0.6 is 12.4 Å². The van der Waals surface area contributed by atoms with E-state index in [0.29, 0.717) is 18.3 Å². The van der Waals surface area contributed by atoms with Gasteiger partial charge in [-0.05, 0) is 12.5 Å². The highest BCUT2D eigenvalue weighted by molar-refractivity contribution is 5.85. The molecule has 1 aromatic carbocycles. The van der Waals surface area contributed by atoms with E-state index in [1.165, 1.54) is 0 Å². The topological polar surface area (TPSA) is 111 Å². The molecule has 0 aliphatic heterocycles. The van der Waals surface area contributed by atoms with E-state index in [4.69, 9.17) is 16.0 Å². The lowest BCUT2D eigenvalue weighted by atomic mass is 10.1. The Morgan fingerprint density at radius 1 is 1.36 bits per heavy atom. The summed E-state index contributed by atoms with van der Waals surface area (Å²) in [5.74, 6) is 0.455. The molecule has 120 valence electrons. The van der Waals surface area contributed by atoms with Gasteiger partial charge in [0.25, 0.3) is 0 Å². The predicted octanol–water partition coefficient (Wildman–Crippen LogP) is 0.999. The molecule has 0 bridgehead atoms. The van der Waals surface area contributed by atoms with Crippen molar-refractivity contribution in [2.24, 2.45) is 11.5 Å². The molecule has 0 saturated carbocycles. The van der Waals surface area contributed by atoms with Crippen LogP contribution < -0.4 is 11.5 Å². The lowest BCUT2D eigenvalue weighted by molar-refractivity contribution is -0.119. The zero-order chi connectivity index (χ0) is 15.2. The second-order valence-corrected chi connectivity index (χ2v) is 4.77. The number of hydrogen-bond acceptors (Lipinski definition) is 6. The minimum Gasteiger partial charge on any atom is -0.369 e. The Kier molecular flexibility index (Phi) is 6.97. The van der Waals surface area contributed by atoms with E-state index in [-0.39, 0.29) is 31.5 Å². The molecule has 0 aliphatic rings. The summed E-state index contributed by atoms with van der Waals surface area (Å²) in [5, 5.41) is 3.85. The van der Waals surface area contributed by atoms with Crippen molar-refractivity contribution < 1.29 is 9.32 Å². The maximum atomic E-state index is 11.3. The van der Waals surface area contributed by atoms with Crippen molar-refractivity contribution in [2.45, 2.75) is 26.1 Å². The van der Waals surface area contributed by atoms with Crippen LogP contribution in [0.2, 0.25) is 0 Å². The first-order valence-corrected chi connectivity index (χ1v) is 6.69. The minimum absolute atomic E-state index is 0. The Morgan fingerprint density at radius 3 is 2.59 bits per heavy atom. The molecular formula is C14H20ClN5O2. The average molecular weight is 326 g/mol. The van der Waals surface area contributed by atoms with Crippen molar-refractivity contribution in [3.05, 3.63) is 47.6 Å². The van der Waals surface area contributed by atoms with Crippen LogP contribution in [0.4, 0.5) is 0 Å². The molecule has 0 saturated heterocycles. The normalized spacial score (nSPS) is 12.0. The molecule has 1 aromatic heterocycles. The summed E-state index contributed by atoms with van der Waals surface area (Å²) in [6, 6.07) is 9.85. The second-order valence-electron chi connectivity index (χ2n) is 4.77. The highest BCUT2D eigenvalue weighted by Gasteiger charge is 2.20. The number of hydrogen-bond donors (Lipinski definition) is 2. The Bertz CT molecular complexity index is 590. The van der Waals surface area contributed by atoms with Gasteiger partial charge in [0.1, 0.15) is 0 Å². The lowest BCUT2D eigenvalue weighted by Crippen LogP contribution is -2.35. The lowest BCUT2D eigenvalue weighted by Gasteiger charge is -2.26. The molecule has 1 amide bonds. The van der Waals surface area contributed by atoms with E-state index in [0.717, 1.165) is 5.56 Å². The van der Waals surface area contributed by atoms with Gasteiger partial charge in [-0.1, -0.05) is 35.5 Å². The maximum Gasteiger partial charge on any atom is 0.240 e. The fraction of sp³-hybridized carbons (Fsp3) is 0.357. The Labute approximate surface area is 135 Å². The summed E-state index contributed by atoms with van der Waals surface area (Å²) in [7, 11) is 0. The largest absolute Gasteiger partial charge is 0.369 e. The minimum atomic E-state index is -0.402. The summed E-state index contributed by atoms with van der Waals surface area (Å²) >= 11 is 0. The van der Waals surface area contributed by atoms with Gasteiger partial charge in [0.15, 0.2) is 5.82 Å². The molecule has 22 heavy (non-hydrogen) atoms. The van der Waals surface area contributed by atoms with E-state index in [2.05, 4.69) is 10.1 Å². The zero-order valence-corrected chi connectivity index (χ0v) is 13.1. The van der Waals surface area contributed by atoms with Crippen LogP contribution in [0.25, 0.3) is 0 Å². The first-order valence-electron chi connectivity index (χ1n) is 6.69. The smallest absolute Gasteiger partial charge is 0.240 e. The van der Waals surface area contributed by atoms with E-state index in [9.17, 15) is 4.79 Å². The van der Waals surface area contributed by atoms with Crippen LogP contribution in [0.5, 0.6) is 0 Å². The standard InChI is InChI=1S/C14H19N5O2.ClH/c1-10(11-5-3-2-4-6-11)19(8-12(16)20)9-13-17-14(7-15)21-18-13;/h2-6,10H,7-9,15H2,1H3,(H2,16,20);1H/t10-;/m1./s1. The highest BCUT2D eigenvalue weighted by atomic mass is 35.5. The number of primary amides is 1. The van der Waals surface area contributed by atoms with Gasteiger partial charge in [-0.15, -0.1) is 12.4 Å². The fourth-order valence-corrected chi connectivity index (χ4v) is 2.09. The zero-order valence-electron chi connectivity index (χ0n) is 12.3. The molecule has 2 rings (SSSR count). The Morgan fingerprint density at radius 2 is 2.05 bits per heavy atom. The number of aromatic nitrogens is 2. The van der Waals surface area contributed by atoms with Gasteiger partial charge < -0.3 is 16.0 Å². The van der Waals surface area contributed by atoms with Gasteiger partial charge in [0.2, 0.25) is 11.8 Å². The molecule has 1 atom stereocenters. The molecule has 4 N–H and O–H groups in total. The van der Waals surface area contributed by atoms with Crippen molar-refractivity contribution >= 4 is 18.3 Å². The quantitative estimate of drug-likeness (QED) is 0.785. The maximum absolute atomic E-state index is 11.3. The molecule has 0 aliphatic carbocycles. The van der Waals surface area contributed by atoms with Crippen LogP contribution in [0.3, 0.4) is 0 Å². The molecule has 0 spiro atoms. The second kappa shape index (κ2) is 8.47. The number of rotatable bonds is 7. The van der Waals surface area contributed by atoms with Crippen molar-refractivity contribution in [3.63, 3.8) is 0 Å². The summed E-state index contributed by atoms with van der Waals surface area (Å²) in [6.45, 7) is 2.67. The third kappa shape index (κ3) is 4.80. The molecular weight excluding hydrogens is 306 g/mol. The van der Waals surface area contributed by atoms with Crippen LogP contribution in [-0.4, -0.2) is 27.5 Å². The van der Waals surface area contributed by atoms with Gasteiger partial charge in [0, 0.05) is 6.04 Å². The summed E-state index contributed by atoms with van der Waals surface area (Å²) in [6.07, 6.45) is 0. The molecule has 2 aromatic rings. The van der Waals surface area contributed by atoms with Crippen LogP contribution in [-0.2, 0) is 17.9 Å². The van der Waals surface area contributed by atoms with Crippen LogP contribution in [0, 0.1) is 0 Å². The van der Waals surface area contributed by atoms with Crippen LogP contribution in [0.1, 0.15) is 30.2 Å².